The lowest BCUT2D eigenvalue weighted by Gasteiger charge is -2.56. The Morgan fingerprint density at radius 3 is 2.17 bits per heavy atom. The van der Waals surface area contributed by atoms with Crippen molar-refractivity contribution in [1.82, 2.24) is 10.2 Å². The largest absolute Gasteiger partial charge is 0.454 e. The molecule has 1 aliphatic heterocycles. The Bertz CT molecular complexity index is 622. The minimum atomic E-state index is -0.517. The maximum atomic E-state index is 13.6. The van der Waals surface area contributed by atoms with Crippen LogP contribution in [0.1, 0.15) is 78.1 Å². The van der Waals surface area contributed by atoms with Gasteiger partial charge in [-0.15, -0.1) is 0 Å². The molecule has 4 aliphatic carbocycles. The van der Waals surface area contributed by atoms with E-state index >= 15 is 0 Å². The summed E-state index contributed by atoms with van der Waals surface area (Å²) < 4.78 is 5.33. The Balaban J connectivity index is 1.36. The number of nitrogens with zero attached hydrogens (tertiary/aromatic N) is 1. The lowest BCUT2D eigenvalue weighted by Crippen LogP contribution is -2.56. The van der Waals surface area contributed by atoms with Crippen LogP contribution >= 0.6 is 0 Å². The van der Waals surface area contributed by atoms with E-state index in [1.165, 1.54) is 19.3 Å². The van der Waals surface area contributed by atoms with E-state index in [1.807, 2.05) is 13.8 Å². The fraction of sp³-hybridized carbons (Fsp3) is 0.870. The minimum Gasteiger partial charge on any atom is -0.454 e. The van der Waals surface area contributed by atoms with Gasteiger partial charge >= 0.3 is 5.97 Å². The van der Waals surface area contributed by atoms with Crippen LogP contribution in [0.2, 0.25) is 0 Å². The molecule has 1 heterocycles. The summed E-state index contributed by atoms with van der Waals surface area (Å²) in [5.41, 5.74) is -0.232. The van der Waals surface area contributed by atoms with Gasteiger partial charge in [-0.2, -0.15) is 0 Å². The summed E-state index contributed by atoms with van der Waals surface area (Å²) in [6, 6.07) is -0.404. The van der Waals surface area contributed by atoms with E-state index in [-0.39, 0.29) is 29.9 Å². The van der Waals surface area contributed by atoms with Crippen molar-refractivity contribution in [3.05, 3.63) is 0 Å². The quantitative estimate of drug-likeness (QED) is 0.662. The topological polar surface area (TPSA) is 75.7 Å². The first kappa shape index (κ1) is 20.7. The van der Waals surface area contributed by atoms with Gasteiger partial charge in [0.25, 0.3) is 5.91 Å². The molecule has 2 amide bonds. The molecule has 1 N–H and O–H groups in total. The standard InChI is InChI=1S/C23H36N2O4/c1-3-18(4-2)24-20(26)14-29-21(27)19-6-5-7-25(19)22(28)23-11-15-8-16(12-23)10-17(9-15)13-23/h15-19H,3-14H2,1-2H3,(H,24,26)/t15?,16?,17?,19-,23?/m0/s1. The monoisotopic (exact) mass is 404 g/mol. The Morgan fingerprint density at radius 1 is 1.03 bits per heavy atom. The second kappa shape index (κ2) is 8.27. The maximum Gasteiger partial charge on any atom is 0.329 e. The van der Waals surface area contributed by atoms with Crippen molar-refractivity contribution in [2.45, 2.75) is 90.1 Å². The van der Waals surface area contributed by atoms with Gasteiger partial charge in [-0.25, -0.2) is 4.79 Å². The fourth-order valence-corrected chi connectivity index (χ4v) is 6.93. The third kappa shape index (κ3) is 4.04. The molecule has 29 heavy (non-hydrogen) atoms. The zero-order valence-corrected chi connectivity index (χ0v) is 18.0. The molecule has 0 unspecified atom stereocenters. The predicted octanol–water partition coefficient (Wildman–Crippen LogP) is 3.04. The van der Waals surface area contributed by atoms with E-state index < -0.39 is 12.0 Å². The molecule has 162 valence electrons. The molecule has 0 radical (unpaired) electrons. The SMILES string of the molecule is CCC(CC)NC(=O)COC(=O)[C@@H]1CCCN1C(=O)C12CC3CC(CC(C3)C1)C2. The van der Waals surface area contributed by atoms with Gasteiger partial charge < -0.3 is 15.0 Å². The molecule has 6 nitrogen and oxygen atoms in total. The van der Waals surface area contributed by atoms with Gasteiger partial charge in [-0.05, 0) is 82.0 Å². The predicted molar refractivity (Wildman–Crippen MR) is 109 cm³/mol. The third-order valence-electron chi connectivity index (χ3n) is 7.97. The van der Waals surface area contributed by atoms with Crippen LogP contribution in [0.3, 0.4) is 0 Å². The average molecular weight is 405 g/mol. The van der Waals surface area contributed by atoms with Crippen molar-refractivity contribution in [2.75, 3.05) is 13.2 Å². The van der Waals surface area contributed by atoms with E-state index in [2.05, 4.69) is 5.32 Å². The minimum absolute atomic E-state index is 0.113. The smallest absolute Gasteiger partial charge is 0.329 e. The highest BCUT2D eigenvalue weighted by Crippen LogP contribution is 2.60. The number of carbonyl (C=O) groups excluding carboxylic acids is 3. The number of nitrogens with one attached hydrogen (secondary N) is 1. The Kier molecular flexibility index (Phi) is 5.90. The summed E-state index contributed by atoms with van der Waals surface area (Å²) in [4.78, 5) is 40.2. The van der Waals surface area contributed by atoms with E-state index in [0.717, 1.165) is 38.5 Å². The van der Waals surface area contributed by atoms with Gasteiger partial charge in [0.15, 0.2) is 6.61 Å². The number of hydrogen-bond acceptors (Lipinski definition) is 4. The van der Waals surface area contributed by atoms with Gasteiger partial charge in [0.05, 0.1) is 5.41 Å². The molecule has 6 heteroatoms. The third-order valence-corrected chi connectivity index (χ3v) is 7.97. The lowest BCUT2D eigenvalue weighted by molar-refractivity contribution is -0.166. The normalized spacial score (nSPS) is 35.2. The zero-order valence-electron chi connectivity index (χ0n) is 18.0. The molecular formula is C23H36N2O4. The van der Waals surface area contributed by atoms with Crippen molar-refractivity contribution in [3.63, 3.8) is 0 Å². The molecule has 1 saturated heterocycles. The van der Waals surface area contributed by atoms with Crippen LogP contribution in [-0.2, 0) is 19.1 Å². The Labute approximate surface area is 174 Å². The van der Waals surface area contributed by atoms with Crippen LogP contribution in [0.15, 0.2) is 0 Å². The van der Waals surface area contributed by atoms with Crippen molar-refractivity contribution in [3.8, 4) is 0 Å². The highest BCUT2D eigenvalue weighted by molar-refractivity contribution is 5.90. The van der Waals surface area contributed by atoms with Crippen LogP contribution < -0.4 is 5.32 Å². The fourth-order valence-electron chi connectivity index (χ4n) is 6.93. The number of esters is 1. The number of amides is 2. The molecule has 1 atom stereocenters. The highest BCUT2D eigenvalue weighted by Gasteiger charge is 2.57. The molecule has 5 aliphatic rings. The first-order chi connectivity index (χ1) is 13.9. The summed E-state index contributed by atoms with van der Waals surface area (Å²) in [7, 11) is 0. The first-order valence-corrected chi connectivity index (χ1v) is 11.7. The van der Waals surface area contributed by atoms with Crippen LogP contribution in [0.25, 0.3) is 0 Å². The highest BCUT2D eigenvalue weighted by atomic mass is 16.5. The molecule has 5 fully saturated rings. The number of hydrogen-bond donors (Lipinski definition) is 1. The average Bonchev–Trinajstić information content (AvgIpc) is 3.18. The molecule has 5 rings (SSSR count). The van der Waals surface area contributed by atoms with Crippen molar-refractivity contribution in [1.29, 1.82) is 0 Å². The van der Waals surface area contributed by atoms with Gasteiger partial charge in [-0.1, -0.05) is 13.8 Å². The second-order valence-electron chi connectivity index (χ2n) is 10.0. The number of ether oxygens (including phenoxy) is 1. The summed E-state index contributed by atoms with van der Waals surface area (Å²) in [5, 5.41) is 2.89. The van der Waals surface area contributed by atoms with Crippen LogP contribution in [-0.4, -0.2) is 47.9 Å². The molecule has 0 aromatic heterocycles. The number of rotatable bonds is 7. The van der Waals surface area contributed by atoms with E-state index in [0.29, 0.717) is 30.7 Å². The summed E-state index contributed by atoms with van der Waals surface area (Å²) >= 11 is 0. The van der Waals surface area contributed by atoms with Crippen molar-refractivity contribution in [2.24, 2.45) is 23.2 Å². The molecule has 0 spiro atoms. The van der Waals surface area contributed by atoms with E-state index in [4.69, 9.17) is 4.74 Å². The lowest BCUT2D eigenvalue weighted by atomic mass is 9.49. The van der Waals surface area contributed by atoms with Gasteiger partial charge in [-0.3, -0.25) is 9.59 Å². The molecular weight excluding hydrogens is 368 g/mol. The maximum absolute atomic E-state index is 13.6. The summed E-state index contributed by atoms with van der Waals surface area (Å²) in [5.74, 6) is 1.62. The first-order valence-electron chi connectivity index (χ1n) is 11.7. The van der Waals surface area contributed by atoms with Gasteiger partial charge in [0, 0.05) is 12.6 Å². The van der Waals surface area contributed by atoms with E-state index in [9.17, 15) is 14.4 Å². The second-order valence-corrected chi connectivity index (χ2v) is 10.0. The number of carbonyl (C=O) groups is 3. The van der Waals surface area contributed by atoms with Crippen LogP contribution in [0, 0.1) is 23.2 Å². The Morgan fingerprint density at radius 2 is 1.62 bits per heavy atom. The Hall–Kier alpha value is -1.59. The summed E-state index contributed by atoms with van der Waals surface area (Å²) in [6.07, 6.45) is 10.1. The molecule has 0 aromatic carbocycles. The van der Waals surface area contributed by atoms with Crippen molar-refractivity contribution < 1.29 is 19.1 Å². The summed E-state index contributed by atoms with van der Waals surface area (Å²) in [6.45, 7) is 4.42. The van der Waals surface area contributed by atoms with E-state index in [1.54, 1.807) is 4.90 Å². The van der Waals surface area contributed by atoms with Gasteiger partial charge in [0.2, 0.25) is 5.91 Å². The zero-order chi connectivity index (χ0) is 20.6. The number of likely N-dealkylation sites (tertiary alicyclic amines) is 1. The van der Waals surface area contributed by atoms with Gasteiger partial charge in [0.1, 0.15) is 6.04 Å². The van der Waals surface area contributed by atoms with Crippen LogP contribution in [0.4, 0.5) is 0 Å². The van der Waals surface area contributed by atoms with Crippen molar-refractivity contribution >= 4 is 17.8 Å². The van der Waals surface area contributed by atoms with Crippen LogP contribution in [0.5, 0.6) is 0 Å². The molecule has 4 bridgehead atoms. The molecule has 0 aromatic rings. The molecule has 4 saturated carbocycles.